The molecule has 2 aromatic rings. The Hall–Kier alpha value is -3.24. The zero-order valence-electron chi connectivity index (χ0n) is 22.0. The second-order valence-corrected chi connectivity index (χ2v) is 10.3. The van der Waals surface area contributed by atoms with E-state index in [4.69, 9.17) is 15.5 Å². The van der Waals surface area contributed by atoms with Crippen molar-refractivity contribution in [2.75, 3.05) is 18.9 Å². The predicted molar refractivity (Wildman–Crippen MR) is 138 cm³/mol. The highest BCUT2D eigenvalue weighted by Crippen LogP contribution is 2.41. The van der Waals surface area contributed by atoms with Gasteiger partial charge in [-0.2, -0.15) is 0 Å². The molecule has 1 saturated carbocycles. The molecule has 3 rings (SSSR count). The normalized spacial score (nSPS) is 15.1. The summed E-state index contributed by atoms with van der Waals surface area (Å²) in [6.07, 6.45) is 0.976. The van der Waals surface area contributed by atoms with Crippen LogP contribution in [-0.4, -0.2) is 57.2 Å². The number of hydrogen-bond acceptors (Lipinski definition) is 8. The number of hydrogen-bond donors (Lipinski definition) is 4. The molecule has 1 aliphatic rings. The molecule has 5 N–H and O–H groups in total. The van der Waals surface area contributed by atoms with Gasteiger partial charge in [-0.05, 0) is 71.6 Å². The number of rotatable bonds is 9. The van der Waals surface area contributed by atoms with Crippen molar-refractivity contribution in [1.82, 2.24) is 20.2 Å². The first-order valence-electron chi connectivity index (χ1n) is 12.3. The van der Waals surface area contributed by atoms with Gasteiger partial charge in [-0.3, -0.25) is 9.69 Å². The number of nitrogens with zero attached hydrogens (tertiary/aromatic N) is 3. The number of aromatic nitrogens is 2. The molecule has 10 heteroatoms. The zero-order chi connectivity index (χ0) is 26.6. The van der Waals surface area contributed by atoms with Crippen molar-refractivity contribution in [1.29, 1.82) is 0 Å². The summed E-state index contributed by atoms with van der Waals surface area (Å²) in [5.74, 6) is 0.595. The fourth-order valence-corrected chi connectivity index (χ4v) is 3.68. The summed E-state index contributed by atoms with van der Waals surface area (Å²) in [5.41, 5.74) is 8.90. The molecule has 1 aromatic carbocycles. The van der Waals surface area contributed by atoms with Gasteiger partial charge in [0.2, 0.25) is 5.91 Å². The molecule has 1 heterocycles. The van der Waals surface area contributed by atoms with E-state index in [1.54, 1.807) is 34.7 Å². The summed E-state index contributed by atoms with van der Waals surface area (Å²) < 4.78 is 5.33. The average molecular weight is 499 g/mol. The lowest BCUT2D eigenvalue weighted by Gasteiger charge is -2.28. The van der Waals surface area contributed by atoms with Gasteiger partial charge in [0.05, 0.1) is 11.4 Å². The lowest BCUT2D eigenvalue weighted by Crippen LogP contribution is -2.47. The van der Waals surface area contributed by atoms with Gasteiger partial charge >= 0.3 is 6.09 Å². The van der Waals surface area contributed by atoms with Crippen LogP contribution in [-0.2, 0) is 16.0 Å². The monoisotopic (exact) mass is 498 g/mol. The molecule has 2 atom stereocenters. The standard InChI is InChI=1S/C26H38N6O4/c1-15-20(18-10-11-18)31-23(21(29-15)22(27)33)30-19-9-7-8-17(14-19)12-13-28-24(34)16(2)32(6)25(35)36-26(3,4)5/h7-9,14,16,18,22,33H,10-13,27H2,1-6H3,(H,28,34)(H,30,31)/t16-,22?/m0/s1. The summed E-state index contributed by atoms with van der Waals surface area (Å²) in [5, 5.41) is 16.1. The van der Waals surface area contributed by atoms with E-state index in [1.807, 2.05) is 31.2 Å². The van der Waals surface area contributed by atoms with E-state index >= 15 is 0 Å². The number of benzene rings is 1. The first-order chi connectivity index (χ1) is 16.9. The molecule has 1 aromatic heterocycles. The molecule has 0 saturated heterocycles. The average Bonchev–Trinajstić information content (AvgIpc) is 3.63. The van der Waals surface area contributed by atoms with E-state index in [9.17, 15) is 14.7 Å². The highest BCUT2D eigenvalue weighted by Gasteiger charge is 2.29. The van der Waals surface area contributed by atoms with Gasteiger partial charge in [-0.15, -0.1) is 0 Å². The molecule has 1 fully saturated rings. The van der Waals surface area contributed by atoms with E-state index in [0.29, 0.717) is 30.4 Å². The van der Waals surface area contributed by atoms with Gasteiger partial charge in [-0.1, -0.05) is 12.1 Å². The second-order valence-electron chi connectivity index (χ2n) is 10.3. The summed E-state index contributed by atoms with van der Waals surface area (Å²) in [7, 11) is 1.54. The van der Waals surface area contributed by atoms with Crippen LogP contribution in [0.1, 0.15) is 75.3 Å². The lowest BCUT2D eigenvalue weighted by molar-refractivity contribution is -0.125. The fourth-order valence-electron chi connectivity index (χ4n) is 3.68. The third-order valence-electron chi connectivity index (χ3n) is 5.92. The van der Waals surface area contributed by atoms with Crippen molar-refractivity contribution >= 4 is 23.5 Å². The van der Waals surface area contributed by atoms with Gasteiger partial charge in [0.25, 0.3) is 0 Å². The van der Waals surface area contributed by atoms with Crippen LogP contribution < -0.4 is 16.4 Å². The third kappa shape index (κ3) is 7.38. The van der Waals surface area contributed by atoms with Crippen LogP contribution in [0.25, 0.3) is 0 Å². The Bertz CT molecular complexity index is 1090. The topological polar surface area (TPSA) is 143 Å². The van der Waals surface area contributed by atoms with Gasteiger partial charge in [0, 0.05) is 25.2 Å². The number of likely N-dealkylation sites (N-methyl/N-ethyl adjacent to an activating group) is 1. The first-order valence-corrected chi connectivity index (χ1v) is 12.3. The van der Waals surface area contributed by atoms with Crippen molar-refractivity contribution in [3.8, 4) is 0 Å². The summed E-state index contributed by atoms with van der Waals surface area (Å²) in [6, 6.07) is 7.04. The highest BCUT2D eigenvalue weighted by atomic mass is 16.6. The lowest BCUT2D eigenvalue weighted by atomic mass is 10.1. The van der Waals surface area contributed by atoms with E-state index in [0.717, 1.165) is 35.5 Å². The Morgan fingerprint density at radius 3 is 2.58 bits per heavy atom. The van der Waals surface area contributed by atoms with Crippen molar-refractivity contribution in [3.05, 3.63) is 46.9 Å². The first kappa shape index (κ1) is 27.3. The molecular weight excluding hydrogens is 460 g/mol. The molecule has 1 aliphatic carbocycles. The van der Waals surface area contributed by atoms with Crippen molar-refractivity contribution in [3.63, 3.8) is 0 Å². The van der Waals surface area contributed by atoms with Crippen LogP contribution in [0.3, 0.4) is 0 Å². The largest absolute Gasteiger partial charge is 0.444 e. The van der Waals surface area contributed by atoms with E-state index in [-0.39, 0.29) is 5.91 Å². The van der Waals surface area contributed by atoms with Gasteiger partial charge < -0.3 is 26.2 Å². The van der Waals surface area contributed by atoms with E-state index in [2.05, 4.69) is 15.6 Å². The summed E-state index contributed by atoms with van der Waals surface area (Å²) >= 11 is 0. The minimum Gasteiger partial charge on any atom is -0.444 e. The number of carbonyl (C=O) groups excluding carboxylic acids is 2. The zero-order valence-corrected chi connectivity index (χ0v) is 22.0. The van der Waals surface area contributed by atoms with Crippen molar-refractivity contribution in [2.45, 2.75) is 77.7 Å². The Kier molecular flexibility index (Phi) is 8.52. The Morgan fingerprint density at radius 2 is 1.97 bits per heavy atom. The molecular formula is C26H38N6O4. The van der Waals surface area contributed by atoms with E-state index < -0.39 is 24.0 Å². The number of anilines is 2. The van der Waals surface area contributed by atoms with Crippen LogP contribution >= 0.6 is 0 Å². The number of ether oxygens (including phenoxy) is 1. The number of carbonyl (C=O) groups is 2. The Morgan fingerprint density at radius 1 is 1.28 bits per heavy atom. The molecule has 36 heavy (non-hydrogen) atoms. The van der Waals surface area contributed by atoms with Crippen molar-refractivity contribution < 1.29 is 19.4 Å². The molecule has 0 aliphatic heterocycles. The number of aryl methyl sites for hydroxylation is 1. The molecule has 196 valence electrons. The SMILES string of the molecule is Cc1nc(C(N)O)c(Nc2cccc(CCNC(=O)[C@H](C)N(C)C(=O)OC(C)(C)C)c2)nc1C1CC1. The fraction of sp³-hybridized carbons (Fsp3) is 0.538. The second kappa shape index (κ2) is 11.2. The predicted octanol–water partition coefficient (Wildman–Crippen LogP) is 3.27. The number of nitrogens with one attached hydrogen (secondary N) is 2. The summed E-state index contributed by atoms with van der Waals surface area (Å²) in [4.78, 5) is 35.3. The van der Waals surface area contributed by atoms with Gasteiger partial charge in [0.1, 0.15) is 23.6 Å². The number of aliphatic hydroxyl groups is 1. The maximum Gasteiger partial charge on any atom is 0.410 e. The number of amides is 2. The van der Waals surface area contributed by atoms with Crippen LogP contribution in [0, 0.1) is 6.92 Å². The number of nitrogens with two attached hydrogens (primary N) is 1. The minimum absolute atomic E-state index is 0.262. The van der Waals surface area contributed by atoms with Gasteiger partial charge in [-0.25, -0.2) is 14.8 Å². The van der Waals surface area contributed by atoms with Crippen molar-refractivity contribution in [2.24, 2.45) is 5.73 Å². The smallest absolute Gasteiger partial charge is 0.410 e. The molecule has 2 amide bonds. The maximum absolute atomic E-state index is 12.5. The molecule has 0 spiro atoms. The van der Waals surface area contributed by atoms with E-state index in [1.165, 1.54) is 4.90 Å². The molecule has 0 radical (unpaired) electrons. The van der Waals surface area contributed by atoms with Crippen LogP contribution in [0.4, 0.5) is 16.3 Å². The van der Waals surface area contributed by atoms with Crippen LogP contribution in [0.15, 0.2) is 24.3 Å². The molecule has 0 bridgehead atoms. The van der Waals surface area contributed by atoms with Crippen LogP contribution in [0.5, 0.6) is 0 Å². The maximum atomic E-state index is 12.5. The molecule has 10 nitrogen and oxygen atoms in total. The number of aliphatic hydroxyl groups excluding tert-OH is 1. The third-order valence-corrected chi connectivity index (χ3v) is 5.92. The Labute approximate surface area is 212 Å². The molecule has 1 unspecified atom stereocenters. The highest BCUT2D eigenvalue weighted by molar-refractivity contribution is 5.85. The summed E-state index contributed by atoms with van der Waals surface area (Å²) in [6.45, 7) is 9.29. The minimum atomic E-state index is -1.24. The van der Waals surface area contributed by atoms with Gasteiger partial charge in [0.15, 0.2) is 5.82 Å². The van der Waals surface area contributed by atoms with Crippen LogP contribution in [0.2, 0.25) is 0 Å². The Balaban J connectivity index is 1.60. The quantitative estimate of drug-likeness (QED) is 0.386.